The molecule has 0 saturated heterocycles. The Bertz CT molecular complexity index is 438. The molecule has 0 aliphatic heterocycles. The summed E-state index contributed by atoms with van der Waals surface area (Å²) in [7, 11) is 1.50. The SMILES string of the molecule is COCCCC(N)C(=O)c1ccc(F)c(F)c1F. The molecule has 0 spiro atoms. The number of methoxy groups -OCH3 is 1. The zero-order chi connectivity index (χ0) is 13.7. The molecule has 0 heterocycles. The van der Waals surface area contributed by atoms with Crippen molar-refractivity contribution in [3.63, 3.8) is 0 Å². The van der Waals surface area contributed by atoms with E-state index in [1.165, 1.54) is 7.11 Å². The van der Waals surface area contributed by atoms with Gasteiger partial charge in [0.25, 0.3) is 0 Å². The number of ether oxygens (including phenoxy) is 1. The highest BCUT2D eigenvalue weighted by Gasteiger charge is 2.22. The normalized spacial score (nSPS) is 12.5. The lowest BCUT2D eigenvalue weighted by atomic mass is 10.0. The minimum atomic E-state index is -1.66. The Balaban J connectivity index is 2.81. The van der Waals surface area contributed by atoms with Crippen LogP contribution < -0.4 is 5.73 Å². The highest BCUT2D eigenvalue weighted by Crippen LogP contribution is 2.17. The van der Waals surface area contributed by atoms with Crippen LogP contribution in [0.25, 0.3) is 0 Å². The zero-order valence-electron chi connectivity index (χ0n) is 9.88. The van der Waals surface area contributed by atoms with Crippen molar-refractivity contribution < 1.29 is 22.7 Å². The molecule has 18 heavy (non-hydrogen) atoms. The van der Waals surface area contributed by atoms with E-state index in [1.54, 1.807) is 0 Å². The van der Waals surface area contributed by atoms with Crippen molar-refractivity contribution in [2.45, 2.75) is 18.9 Å². The fraction of sp³-hybridized carbons (Fsp3) is 0.417. The minimum Gasteiger partial charge on any atom is -0.385 e. The van der Waals surface area contributed by atoms with Crippen LogP contribution in [0.1, 0.15) is 23.2 Å². The Morgan fingerprint density at radius 3 is 2.61 bits per heavy atom. The second kappa shape index (κ2) is 6.51. The maximum absolute atomic E-state index is 13.3. The van der Waals surface area contributed by atoms with Crippen molar-refractivity contribution in [2.24, 2.45) is 5.73 Å². The average Bonchev–Trinajstić information content (AvgIpc) is 2.35. The van der Waals surface area contributed by atoms with Crippen molar-refractivity contribution in [3.05, 3.63) is 35.1 Å². The first kappa shape index (κ1) is 14.7. The van der Waals surface area contributed by atoms with Gasteiger partial charge in [0.2, 0.25) is 0 Å². The van der Waals surface area contributed by atoms with Gasteiger partial charge < -0.3 is 10.5 Å². The Labute approximate surface area is 103 Å². The summed E-state index contributed by atoms with van der Waals surface area (Å²) in [5.41, 5.74) is 5.03. The van der Waals surface area contributed by atoms with Gasteiger partial charge >= 0.3 is 0 Å². The summed E-state index contributed by atoms with van der Waals surface area (Å²) in [6.07, 6.45) is 0.805. The molecule has 6 heteroatoms. The second-order valence-corrected chi connectivity index (χ2v) is 3.83. The Kier molecular flexibility index (Phi) is 5.30. The molecular formula is C12H14F3NO2. The predicted molar refractivity (Wildman–Crippen MR) is 59.7 cm³/mol. The first-order valence-electron chi connectivity index (χ1n) is 5.41. The van der Waals surface area contributed by atoms with Crippen molar-refractivity contribution >= 4 is 5.78 Å². The lowest BCUT2D eigenvalue weighted by Crippen LogP contribution is -2.31. The van der Waals surface area contributed by atoms with Crippen molar-refractivity contribution in [1.29, 1.82) is 0 Å². The number of ketones is 1. The number of Topliss-reactive ketones (excluding diaryl/α,β-unsaturated/α-hetero) is 1. The minimum absolute atomic E-state index is 0.283. The van der Waals surface area contributed by atoms with Gasteiger partial charge in [-0.15, -0.1) is 0 Å². The molecule has 1 aromatic carbocycles. The number of carbonyl (C=O) groups excluding carboxylic acids is 1. The van der Waals surface area contributed by atoms with E-state index in [1.807, 2.05) is 0 Å². The molecule has 0 saturated carbocycles. The lowest BCUT2D eigenvalue weighted by molar-refractivity contribution is 0.0945. The third-order valence-corrected chi connectivity index (χ3v) is 2.50. The summed E-state index contributed by atoms with van der Waals surface area (Å²) in [6.45, 7) is 0.418. The Morgan fingerprint density at radius 1 is 1.33 bits per heavy atom. The molecule has 1 unspecified atom stereocenters. The first-order chi connectivity index (χ1) is 8.49. The van der Waals surface area contributed by atoms with Gasteiger partial charge in [-0.3, -0.25) is 4.79 Å². The molecule has 2 N–H and O–H groups in total. The van der Waals surface area contributed by atoms with E-state index in [9.17, 15) is 18.0 Å². The van der Waals surface area contributed by atoms with Gasteiger partial charge in [0.1, 0.15) is 0 Å². The van der Waals surface area contributed by atoms with Crippen LogP contribution in [0, 0.1) is 17.5 Å². The summed E-state index contributed by atoms with van der Waals surface area (Å²) >= 11 is 0. The predicted octanol–water partition coefficient (Wildman–Crippen LogP) is 2.04. The van der Waals surface area contributed by atoms with Crippen LogP contribution >= 0.6 is 0 Å². The third-order valence-electron chi connectivity index (χ3n) is 2.50. The number of nitrogens with two attached hydrogens (primary N) is 1. The molecule has 0 amide bonds. The van der Waals surface area contributed by atoms with E-state index < -0.39 is 34.8 Å². The number of halogens is 3. The number of rotatable bonds is 6. The van der Waals surface area contributed by atoms with Crippen LogP contribution in [-0.2, 0) is 4.74 Å². The summed E-state index contributed by atoms with van der Waals surface area (Å²) in [4.78, 5) is 11.7. The highest BCUT2D eigenvalue weighted by atomic mass is 19.2. The summed E-state index contributed by atoms with van der Waals surface area (Å²) < 4.78 is 43.8. The standard InChI is InChI=1S/C12H14F3NO2/c1-18-6-2-3-9(16)12(17)7-4-5-8(13)11(15)10(7)14/h4-5,9H,2-3,6,16H2,1H3. The van der Waals surface area contributed by atoms with Crippen LogP contribution in [-0.4, -0.2) is 25.5 Å². The fourth-order valence-corrected chi connectivity index (χ4v) is 1.49. The molecule has 1 atom stereocenters. The Hall–Kier alpha value is -1.40. The van der Waals surface area contributed by atoms with E-state index in [4.69, 9.17) is 10.5 Å². The summed E-state index contributed by atoms with van der Waals surface area (Å²) in [6, 6.07) is 0.638. The summed E-state index contributed by atoms with van der Waals surface area (Å²) in [5, 5.41) is 0. The highest BCUT2D eigenvalue weighted by molar-refractivity contribution is 6.00. The molecule has 0 fully saturated rings. The smallest absolute Gasteiger partial charge is 0.195 e. The molecule has 0 aliphatic carbocycles. The van der Waals surface area contributed by atoms with E-state index >= 15 is 0 Å². The van der Waals surface area contributed by atoms with Gasteiger partial charge in [0.05, 0.1) is 11.6 Å². The molecular weight excluding hydrogens is 247 g/mol. The van der Waals surface area contributed by atoms with Gasteiger partial charge in [-0.2, -0.15) is 0 Å². The number of benzene rings is 1. The van der Waals surface area contributed by atoms with E-state index in [0.29, 0.717) is 19.1 Å². The van der Waals surface area contributed by atoms with E-state index in [2.05, 4.69) is 0 Å². The van der Waals surface area contributed by atoms with Gasteiger partial charge in [-0.25, -0.2) is 13.2 Å². The molecule has 0 aromatic heterocycles. The van der Waals surface area contributed by atoms with Gasteiger partial charge in [0.15, 0.2) is 23.2 Å². The summed E-state index contributed by atoms with van der Waals surface area (Å²) in [5.74, 6) is -5.24. The number of hydrogen-bond acceptors (Lipinski definition) is 3. The quantitative estimate of drug-likeness (QED) is 0.484. The van der Waals surface area contributed by atoms with Crippen LogP contribution in [0.15, 0.2) is 12.1 Å². The first-order valence-corrected chi connectivity index (χ1v) is 5.41. The molecule has 0 aliphatic rings. The maximum Gasteiger partial charge on any atom is 0.195 e. The monoisotopic (exact) mass is 261 g/mol. The Morgan fingerprint density at radius 2 is 2.00 bits per heavy atom. The molecule has 0 radical (unpaired) electrons. The number of hydrogen-bond donors (Lipinski definition) is 1. The van der Waals surface area contributed by atoms with Crippen LogP contribution in [0.3, 0.4) is 0 Å². The van der Waals surface area contributed by atoms with Gasteiger partial charge in [-0.05, 0) is 25.0 Å². The molecule has 1 aromatic rings. The molecule has 3 nitrogen and oxygen atoms in total. The van der Waals surface area contributed by atoms with Crippen LogP contribution in [0.5, 0.6) is 0 Å². The molecule has 100 valence electrons. The van der Waals surface area contributed by atoms with Crippen LogP contribution in [0.4, 0.5) is 13.2 Å². The maximum atomic E-state index is 13.3. The topological polar surface area (TPSA) is 52.3 Å². The van der Waals surface area contributed by atoms with Crippen molar-refractivity contribution in [1.82, 2.24) is 0 Å². The van der Waals surface area contributed by atoms with E-state index in [-0.39, 0.29) is 6.42 Å². The fourth-order valence-electron chi connectivity index (χ4n) is 1.49. The van der Waals surface area contributed by atoms with Gasteiger partial charge in [0, 0.05) is 13.7 Å². The van der Waals surface area contributed by atoms with E-state index in [0.717, 1.165) is 6.07 Å². The van der Waals surface area contributed by atoms with Gasteiger partial charge in [-0.1, -0.05) is 0 Å². The largest absolute Gasteiger partial charge is 0.385 e. The zero-order valence-corrected chi connectivity index (χ0v) is 9.88. The average molecular weight is 261 g/mol. The second-order valence-electron chi connectivity index (χ2n) is 3.83. The lowest BCUT2D eigenvalue weighted by Gasteiger charge is -2.11. The number of carbonyl (C=O) groups is 1. The van der Waals surface area contributed by atoms with Crippen molar-refractivity contribution in [2.75, 3.05) is 13.7 Å². The third kappa shape index (κ3) is 3.30. The molecule has 0 bridgehead atoms. The van der Waals surface area contributed by atoms with Crippen LogP contribution in [0.2, 0.25) is 0 Å². The van der Waals surface area contributed by atoms with Crippen molar-refractivity contribution in [3.8, 4) is 0 Å². The molecule has 1 rings (SSSR count).